The molecule has 0 saturated carbocycles. The van der Waals surface area contributed by atoms with Gasteiger partial charge in [-0.3, -0.25) is 4.79 Å². The van der Waals surface area contributed by atoms with Crippen molar-refractivity contribution in [2.24, 2.45) is 0 Å². The maximum absolute atomic E-state index is 13.0. The smallest absolute Gasteiger partial charge is 0.337 e. The lowest BCUT2D eigenvalue weighted by Gasteiger charge is -2.08. The van der Waals surface area contributed by atoms with Gasteiger partial charge in [0.2, 0.25) is 0 Å². The van der Waals surface area contributed by atoms with E-state index in [4.69, 9.17) is 5.11 Å². The van der Waals surface area contributed by atoms with Gasteiger partial charge in [-0.2, -0.15) is 0 Å². The van der Waals surface area contributed by atoms with E-state index >= 15 is 0 Å². The van der Waals surface area contributed by atoms with Crippen LogP contribution in [0.5, 0.6) is 0 Å². The van der Waals surface area contributed by atoms with Crippen LogP contribution in [0.2, 0.25) is 0 Å². The van der Waals surface area contributed by atoms with Crippen LogP contribution in [0.3, 0.4) is 0 Å². The monoisotopic (exact) mass is 277 g/mol. The lowest BCUT2D eigenvalue weighted by Crippen LogP contribution is -2.15. The van der Waals surface area contributed by atoms with Crippen LogP contribution in [-0.2, 0) is 0 Å². The molecular formula is C13H8FNO5. The molecule has 0 aliphatic heterocycles. The number of amides is 1. The Morgan fingerprint density at radius 1 is 1.20 bits per heavy atom. The maximum atomic E-state index is 13.0. The summed E-state index contributed by atoms with van der Waals surface area (Å²) in [7, 11) is 0. The molecule has 2 rings (SSSR count). The number of anilines is 1. The SMILES string of the molecule is O=C(Nc1ccc(F)cc1C(=O)O)c1ccc(=O)oc1. The van der Waals surface area contributed by atoms with Crippen LogP contribution in [0.15, 0.2) is 45.8 Å². The Bertz CT molecular complexity index is 717. The van der Waals surface area contributed by atoms with Crippen molar-refractivity contribution in [3.63, 3.8) is 0 Å². The first-order valence-corrected chi connectivity index (χ1v) is 5.40. The molecule has 0 atom stereocenters. The summed E-state index contributed by atoms with van der Waals surface area (Å²) in [6, 6.07) is 5.23. The first kappa shape index (κ1) is 13.5. The van der Waals surface area contributed by atoms with Gasteiger partial charge in [0.1, 0.15) is 12.1 Å². The highest BCUT2D eigenvalue weighted by Crippen LogP contribution is 2.18. The van der Waals surface area contributed by atoms with Crippen LogP contribution >= 0.6 is 0 Å². The number of carbonyl (C=O) groups excluding carboxylic acids is 1. The zero-order valence-electron chi connectivity index (χ0n) is 9.92. The van der Waals surface area contributed by atoms with Crippen LogP contribution in [0.25, 0.3) is 0 Å². The summed E-state index contributed by atoms with van der Waals surface area (Å²) >= 11 is 0. The fraction of sp³-hybridized carbons (Fsp3) is 0. The van der Waals surface area contributed by atoms with Crippen LogP contribution in [-0.4, -0.2) is 17.0 Å². The molecule has 0 aliphatic carbocycles. The molecule has 0 unspecified atom stereocenters. The summed E-state index contributed by atoms with van der Waals surface area (Å²) in [5.74, 6) is -2.78. The van der Waals surface area contributed by atoms with E-state index in [1.807, 2.05) is 0 Å². The Balaban J connectivity index is 2.30. The lowest BCUT2D eigenvalue weighted by atomic mass is 10.1. The second kappa shape index (κ2) is 5.35. The minimum Gasteiger partial charge on any atom is -0.478 e. The second-order valence-electron chi connectivity index (χ2n) is 3.79. The van der Waals surface area contributed by atoms with E-state index in [0.717, 1.165) is 30.5 Å². The number of nitrogens with one attached hydrogen (secondary N) is 1. The van der Waals surface area contributed by atoms with Gasteiger partial charge in [-0.1, -0.05) is 0 Å². The van der Waals surface area contributed by atoms with Crippen LogP contribution < -0.4 is 10.9 Å². The molecule has 1 aromatic carbocycles. The molecule has 0 bridgehead atoms. The van der Waals surface area contributed by atoms with Gasteiger partial charge in [-0.25, -0.2) is 14.0 Å². The third-order valence-electron chi connectivity index (χ3n) is 2.42. The van der Waals surface area contributed by atoms with Crippen molar-refractivity contribution in [1.29, 1.82) is 0 Å². The number of hydrogen-bond acceptors (Lipinski definition) is 4. The minimum absolute atomic E-state index is 0.0327. The van der Waals surface area contributed by atoms with Crippen molar-refractivity contribution in [3.8, 4) is 0 Å². The molecule has 0 fully saturated rings. The molecule has 0 aliphatic rings. The van der Waals surface area contributed by atoms with E-state index in [0.29, 0.717) is 0 Å². The van der Waals surface area contributed by atoms with E-state index in [1.54, 1.807) is 0 Å². The van der Waals surface area contributed by atoms with E-state index in [-0.39, 0.29) is 16.8 Å². The summed E-state index contributed by atoms with van der Waals surface area (Å²) in [6.45, 7) is 0. The molecule has 0 saturated heterocycles. The van der Waals surface area contributed by atoms with Gasteiger partial charge in [0.25, 0.3) is 5.91 Å². The number of carbonyl (C=O) groups is 2. The molecule has 2 N–H and O–H groups in total. The average Bonchev–Trinajstić information content (AvgIpc) is 2.41. The van der Waals surface area contributed by atoms with E-state index < -0.39 is 23.3 Å². The highest BCUT2D eigenvalue weighted by Gasteiger charge is 2.15. The highest BCUT2D eigenvalue weighted by molar-refractivity contribution is 6.07. The minimum atomic E-state index is -1.38. The molecule has 6 nitrogen and oxygen atoms in total. The first-order chi connectivity index (χ1) is 9.47. The van der Waals surface area contributed by atoms with Gasteiger partial charge >= 0.3 is 11.6 Å². The van der Waals surface area contributed by atoms with Gasteiger partial charge in [-0.15, -0.1) is 0 Å². The molecule has 2 aromatic rings. The fourth-order valence-electron chi connectivity index (χ4n) is 1.48. The molecule has 0 radical (unpaired) electrons. The maximum Gasteiger partial charge on any atom is 0.337 e. The standard InChI is InChI=1S/C13H8FNO5/c14-8-2-3-10(9(5-8)13(18)19)15-12(17)7-1-4-11(16)20-6-7/h1-6H,(H,15,17)(H,18,19). The number of benzene rings is 1. The topological polar surface area (TPSA) is 96.6 Å². The predicted octanol–water partition coefficient (Wildman–Crippen LogP) is 1.73. The molecule has 0 spiro atoms. The Morgan fingerprint density at radius 2 is 1.95 bits per heavy atom. The number of aromatic carboxylic acids is 1. The fourth-order valence-corrected chi connectivity index (χ4v) is 1.48. The Labute approximate surface area is 111 Å². The van der Waals surface area contributed by atoms with Gasteiger partial charge in [0.05, 0.1) is 16.8 Å². The quantitative estimate of drug-likeness (QED) is 0.890. The second-order valence-corrected chi connectivity index (χ2v) is 3.79. The molecule has 102 valence electrons. The van der Waals surface area contributed by atoms with Crippen molar-refractivity contribution in [2.45, 2.75) is 0 Å². The highest BCUT2D eigenvalue weighted by atomic mass is 19.1. The molecular weight excluding hydrogens is 269 g/mol. The zero-order chi connectivity index (χ0) is 14.7. The molecule has 1 heterocycles. The van der Waals surface area contributed by atoms with Gasteiger partial charge < -0.3 is 14.8 Å². The van der Waals surface area contributed by atoms with Crippen LogP contribution in [0.1, 0.15) is 20.7 Å². The van der Waals surface area contributed by atoms with Crippen LogP contribution in [0, 0.1) is 5.82 Å². The third kappa shape index (κ3) is 2.89. The summed E-state index contributed by atoms with van der Waals surface area (Å²) in [5.41, 5.74) is -1.02. The Kier molecular flexibility index (Phi) is 3.60. The number of rotatable bonds is 3. The van der Waals surface area contributed by atoms with Gasteiger partial charge in [0, 0.05) is 6.07 Å². The van der Waals surface area contributed by atoms with E-state index in [2.05, 4.69) is 9.73 Å². The number of carboxylic acid groups (broad SMARTS) is 1. The molecule has 20 heavy (non-hydrogen) atoms. The summed E-state index contributed by atoms with van der Waals surface area (Å²) in [4.78, 5) is 33.5. The number of halogens is 1. The lowest BCUT2D eigenvalue weighted by molar-refractivity contribution is 0.0697. The van der Waals surface area contributed by atoms with E-state index in [9.17, 15) is 18.8 Å². The average molecular weight is 277 g/mol. The van der Waals surface area contributed by atoms with Crippen molar-refractivity contribution in [3.05, 3.63) is 64.0 Å². The van der Waals surface area contributed by atoms with Gasteiger partial charge in [-0.05, 0) is 24.3 Å². The predicted molar refractivity (Wildman–Crippen MR) is 66.3 cm³/mol. The van der Waals surface area contributed by atoms with E-state index in [1.165, 1.54) is 6.07 Å². The van der Waals surface area contributed by atoms with Crippen LogP contribution in [0.4, 0.5) is 10.1 Å². The Morgan fingerprint density at radius 3 is 2.55 bits per heavy atom. The summed E-state index contributed by atoms with van der Waals surface area (Å²) < 4.78 is 17.5. The van der Waals surface area contributed by atoms with Crippen molar-refractivity contribution >= 4 is 17.6 Å². The zero-order valence-corrected chi connectivity index (χ0v) is 9.92. The van der Waals surface area contributed by atoms with Crippen molar-refractivity contribution in [2.75, 3.05) is 5.32 Å². The molecule has 7 heteroatoms. The normalized spacial score (nSPS) is 10.1. The largest absolute Gasteiger partial charge is 0.478 e. The van der Waals surface area contributed by atoms with Crippen molar-refractivity contribution < 1.29 is 23.5 Å². The number of hydrogen-bond donors (Lipinski definition) is 2. The molecule has 1 amide bonds. The number of carboxylic acids is 1. The first-order valence-electron chi connectivity index (χ1n) is 5.40. The van der Waals surface area contributed by atoms with Gasteiger partial charge in [0.15, 0.2) is 0 Å². The summed E-state index contributed by atoms with van der Waals surface area (Å²) in [5, 5.41) is 11.2. The Hall–Kier alpha value is -2.96. The van der Waals surface area contributed by atoms with Crippen molar-refractivity contribution in [1.82, 2.24) is 0 Å². The summed E-state index contributed by atoms with van der Waals surface area (Å²) in [6.07, 6.45) is 0.946. The molecule has 1 aromatic heterocycles. The third-order valence-corrected chi connectivity index (χ3v) is 2.42.